The molecule has 0 spiro atoms. The lowest BCUT2D eigenvalue weighted by Gasteiger charge is -2.03. The molecule has 5 nitrogen and oxygen atoms in total. The summed E-state index contributed by atoms with van der Waals surface area (Å²) in [6.07, 6.45) is 5.91. The van der Waals surface area contributed by atoms with Gasteiger partial charge in [-0.1, -0.05) is 12.8 Å². The van der Waals surface area contributed by atoms with Crippen LogP contribution in [0.1, 0.15) is 42.6 Å². The molecule has 0 bridgehead atoms. The second kappa shape index (κ2) is 8.74. The molecule has 1 heterocycles. The average Bonchev–Trinajstić information content (AvgIpc) is 2.83. The molecule has 1 aromatic heterocycles. The van der Waals surface area contributed by atoms with Crippen molar-refractivity contribution in [2.24, 2.45) is 0 Å². The number of aromatic amines is 1. The van der Waals surface area contributed by atoms with Gasteiger partial charge in [0.15, 0.2) is 0 Å². The maximum absolute atomic E-state index is 11.7. The SMILES string of the molecule is COC(=O)CCCCCCNC(=O)c1cc(Br)c[nH]1. The van der Waals surface area contributed by atoms with Crippen LogP contribution in [0.3, 0.4) is 0 Å². The largest absolute Gasteiger partial charge is 0.469 e. The van der Waals surface area contributed by atoms with Crippen molar-refractivity contribution in [3.05, 3.63) is 22.4 Å². The van der Waals surface area contributed by atoms with Gasteiger partial charge in [0.05, 0.1) is 7.11 Å². The Morgan fingerprint density at radius 1 is 1.32 bits per heavy atom. The van der Waals surface area contributed by atoms with Crippen LogP contribution in [0.2, 0.25) is 0 Å². The first-order valence-electron chi connectivity index (χ1n) is 6.32. The van der Waals surface area contributed by atoms with Crippen molar-refractivity contribution in [1.82, 2.24) is 10.3 Å². The molecular formula is C13H19BrN2O3. The topological polar surface area (TPSA) is 71.2 Å². The minimum atomic E-state index is -0.161. The monoisotopic (exact) mass is 330 g/mol. The van der Waals surface area contributed by atoms with E-state index in [1.807, 2.05) is 0 Å². The number of methoxy groups -OCH3 is 1. The highest BCUT2D eigenvalue weighted by atomic mass is 79.9. The number of rotatable bonds is 8. The Bertz CT molecular complexity index is 418. The zero-order valence-corrected chi connectivity index (χ0v) is 12.6. The van der Waals surface area contributed by atoms with E-state index in [0.29, 0.717) is 18.7 Å². The standard InChI is InChI=1S/C13H19BrN2O3/c1-19-12(17)6-4-2-3-5-7-15-13(18)11-8-10(14)9-16-11/h8-9,16H,2-7H2,1H3,(H,15,18). The highest BCUT2D eigenvalue weighted by Crippen LogP contribution is 2.10. The van der Waals surface area contributed by atoms with E-state index in [1.54, 1.807) is 12.3 Å². The first-order valence-corrected chi connectivity index (χ1v) is 7.11. The average molecular weight is 331 g/mol. The highest BCUT2D eigenvalue weighted by Gasteiger charge is 2.06. The Morgan fingerprint density at radius 2 is 2.05 bits per heavy atom. The maximum Gasteiger partial charge on any atom is 0.305 e. The van der Waals surface area contributed by atoms with Crippen LogP contribution < -0.4 is 5.32 Å². The van der Waals surface area contributed by atoms with Crippen molar-refractivity contribution < 1.29 is 14.3 Å². The molecule has 0 radical (unpaired) electrons. The van der Waals surface area contributed by atoms with Crippen molar-refractivity contribution in [2.75, 3.05) is 13.7 Å². The lowest BCUT2D eigenvalue weighted by atomic mass is 10.1. The summed E-state index contributed by atoms with van der Waals surface area (Å²) in [6, 6.07) is 1.74. The summed E-state index contributed by atoms with van der Waals surface area (Å²) in [7, 11) is 1.40. The second-order valence-electron chi connectivity index (χ2n) is 4.23. The smallest absolute Gasteiger partial charge is 0.305 e. The minimum absolute atomic E-state index is 0.0970. The molecule has 19 heavy (non-hydrogen) atoms. The molecule has 0 atom stereocenters. The van der Waals surface area contributed by atoms with Crippen LogP contribution in [0, 0.1) is 0 Å². The number of amides is 1. The predicted molar refractivity (Wildman–Crippen MR) is 75.9 cm³/mol. The Morgan fingerprint density at radius 3 is 2.68 bits per heavy atom. The van der Waals surface area contributed by atoms with E-state index in [-0.39, 0.29) is 11.9 Å². The first kappa shape index (κ1) is 15.8. The summed E-state index contributed by atoms with van der Waals surface area (Å²) in [6.45, 7) is 0.647. The molecule has 2 N–H and O–H groups in total. The van der Waals surface area contributed by atoms with Gasteiger partial charge < -0.3 is 15.0 Å². The van der Waals surface area contributed by atoms with E-state index >= 15 is 0 Å². The zero-order chi connectivity index (χ0) is 14.1. The summed E-state index contributed by atoms with van der Waals surface area (Å²) in [5, 5.41) is 2.84. The fourth-order valence-corrected chi connectivity index (χ4v) is 1.99. The Hall–Kier alpha value is -1.30. The lowest BCUT2D eigenvalue weighted by molar-refractivity contribution is -0.140. The molecule has 0 aromatic carbocycles. The quantitative estimate of drug-likeness (QED) is 0.568. The fourth-order valence-electron chi connectivity index (χ4n) is 1.65. The van der Waals surface area contributed by atoms with Gasteiger partial charge in [-0.3, -0.25) is 9.59 Å². The summed E-state index contributed by atoms with van der Waals surface area (Å²) in [5.41, 5.74) is 0.553. The van der Waals surface area contributed by atoms with Crippen LogP contribution in [0.4, 0.5) is 0 Å². The third-order valence-corrected chi connectivity index (χ3v) is 3.17. The molecule has 1 amide bonds. The number of unbranched alkanes of at least 4 members (excludes halogenated alkanes) is 3. The van der Waals surface area contributed by atoms with Crippen LogP contribution in [0.25, 0.3) is 0 Å². The number of carbonyl (C=O) groups is 2. The third-order valence-electron chi connectivity index (χ3n) is 2.71. The molecule has 0 aliphatic carbocycles. The van der Waals surface area contributed by atoms with E-state index in [1.165, 1.54) is 7.11 Å². The Kier molecular flexibility index (Phi) is 7.25. The normalized spacial score (nSPS) is 10.2. The van der Waals surface area contributed by atoms with Crippen molar-refractivity contribution in [3.8, 4) is 0 Å². The van der Waals surface area contributed by atoms with Crippen LogP contribution in [0.5, 0.6) is 0 Å². The van der Waals surface area contributed by atoms with Gasteiger partial charge in [-0.25, -0.2) is 0 Å². The van der Waals surface area contributed by atoms with Crippen LogP contribution in [-0.4, -0.2) is 30.5 Å². The van der Waals surface area contributed by atoms with Crippen LogP contribution in [0.15, 0.2) is 16.7 Å². The van der Waals surface area contributed by atoms with E-state index in [2.05, 4.69) is 31.0 Å². The van der Waals surface area contributed by atoms with Crippen molar-refractivity contribution in [3.63, 3.8) is 0 Å². The number of H-pyrrole nitrogens is 1. The molecule has 0 saturated heterocycles. The second-order valence-corrected chi connectivity index (χ2v) is 5.14. The van der Waals surface area contributed by atoms with Crippen LogP contribution in [-0.2, 0) is 9.53 Å². The molecule has 0 aliphatic heterocycles. The number of ether oxygens (including phenoxy) is 1. The van der Waals surface area contributed by atoms with Gasteiger partial charge in [-0.05, 0) is 34.8 Å². The fraction of sp³-hybridized carbons (Fsp3) is 0.538. The van der Waals surface area contributed by atoms with E-state index in [4.69, 9.17) is 0 Å². The predicted octanol–water partition coefficient (Wildman–Crippen LogP) is 2.63. The molecular weight excluding hydrogens is 312 g/mol. The molecule has 0 fully saturated rings. The van der Waals surface area contributed by atoms with Gasteiger partial charge in [0.1, 0.15) is 5.69 Å². The van der Waals surface area contributed by atoms with Crippen molar-refractivity contribution >= 4 is 27.8 Å². The van der Waals surface area contributed by atoms with Gasteiger partial charge in [-0.15, -0.1) is 0 Å². The van der Waals surface area contributed by atoms with E-state index in [9.17, 15) is 9.59 Å². The van der Waals surface area contributed by atoms with E-state index < -0.39 is 0 Å². The molecule has 6 heteroatoms. The van der Waals surface area contributed by atoms with Gasteiger partial charge in [0.25, 0.3) is 5.91 Å². The van der Waals surface area contributed by atoms with Gasteiger partial charge in [0, 0.05) is 23.6 Å². The number of esters is 1. The molecule has 0 saturated carbocycles. The number of aromatic nitrogens is 1. The van der Waals surface area contributed by atoms with Crippen molar-refractivity contribution in [2.45, 2.75) is 32.1 Å². The highest BCUT2D eigenvalue weighted by molar-refractivity contribution is 9.10. The van der Waals surface area contributed by atoms with Gasteiger partial charge >= 0.3 is 5.97 Å². The molecule has 1 rings (SSSR count). The Balaban J connectivity index is 2.02. The molecule has 0 aliphatic rings. The lowest BCUT2D eigenvalue weighted by Crippen LogP contribution is -2.24. The Labute approximate surface area is 121 Å². The van der Waals surface area contributed by atoms with Crippen molar-refractivity contribution in [1.29, 1.82) is 0 Å². The number of hydrogen-bond donors (Lipinski definition) is 2. The molecule has 1 aromatic rings. The number of nitrogens with one attached hydrogen (secondary N) is 2. The third kappa shape index (κ3) is 6.42. The zero-order valence-electron chi connectivity index (χ0n) is 11.0. The first-order chi connectivity index (χ1) is 9.13. The minimum Gasteiger partial charge on any atom is -0.469 e. The van der Waals surface area contributed by atoms with Gasteiger partial charge in [0.2, 0.25) is 0 Å². The maximum atomic E-state index is 11.7. The summed E-state index contributed by atoms with van der Waals surface area (Å²) >= 11 is 3.28. The summed E-state index contributed by atoms with van der Waals surface area (Å²) in [4.78, 5) is 25.4. The number of carbonyl (C=O) groups excluding carboxylic acids is 2. The summed E-state index contributed by atoms with van der Waals surface area (Å²) < 4.78 is 5.42. The molecule has 106 valence electrons. The van der Waals surface area contributed by atoms with Gasteiger partial charge in [-0.2, -0.15) is 0 Å². The van der Waals surface area contributed by atoms with E-state index in [0.717, 1.165) is 30.2 Å². The number of hydrogen-bond acceptors (Lipinski definition) is 3. The van der Waals surface area contributed by atoms with Crippen LogP contribution >= 0.6 is 15.9 Å². The summed E-state index contributed by atoms with van der Waals surface area (Å²) in [5.74, 6) is -0.258. The molecule has 0 unspecified atom stereocenters. The number of halogens is 1.